The monoisotopic (exact) mass is 287 g/mol. The summed E-state index contributed by atoms with van der Waals surface area (Å²) in [6.07, 6.45) is -3.13. The van der Waals surface area contributed by atoms with E-state index < -0.39 is 31.5 Å². The third-order valence-corrected chi connectivity index (χ3v) is 2.86. The number of carbonyl (C=O) groups excluding carboxylic acids is 1. The highest BCUT2D eigenvalue weighted by Gasteiger charge is 2.41. The van der Waals surface area contributed by atoms with Gasteiger partial charge in [0.05, 0.1) is 19.3 Å². The summed E-state index contributed by atoms with van der Waals surface area (Å²) < 4.78 is 58.5. The third-order valence-electron chi connectivity index (χ3n) is 2.86. The van der Waals surface area contributed by atoms with Crippen molar-refractivity contribution in [2.24, 2.45) is 0 Å². The van der Waals surface area contributed by atoms with Crippen LogP contribution in [-0.4, -0.2) is 62.2 Å². The molecule has 0 unspecified atom stereocenters. The molecule has 1 rings (SSSR count). The average Bonchev–Trinajstić information content (AvgIpc) is 2.38. The van der Waals surface area contributed by atoms with Gasteiger partial charge >= 0.3 is 12.3 Å². The first-order chi connectivity index (χ1) is 8.88. The first-order valence-electron chi connectivity index (χ1n) is 5.99. The molecule has 0 spiro atoms. The lowest BCUT2D eigenvalue weighted by atomic mass is 10.2. The Morgan fingerprint density at radius 2 is 2.21 bits per heavy atom. The normalized spacial score (nSPS) is 20.9. The topological polar surface area (TPSA) is 38.8 Å². The minimum Gasteiger partial charge on any atom is -0.377 e. The van der Waals surface area contributed by atoms with Gasteiger partial charge in [-0.05, 0) is 6.42 Å². The molecule has 4 nitrogen and oxygen atoms in total. The minimum atomic E-state index is -4.23. The van der Waals surface area contributed by atoms with Gasteiger partial charge in [0.1, 0.15) is 13.2 Å². The van der Waals surface area contributed by atoms with E-state index in [9.17, 15) is 22.4 Å². The van der Waals surface area contributed by atoms with Gasteiger partial charge in [0.25, 0.3) is 0 Å². The highest BCUT2D eigenvalue weighted by atomic mass is 19.3. The summed E-state index contributed by atoms with van der Waals surface area (Å²) in [7, 11) is 0. The molecule has 0 N–H and O–H groups in total. The van der Waals surface area contributed by atoms with E-state index in [0.29, 0.717) is 26.2 Å². The summed E-state index contributed by atoms with van der Waals surface area (Å²) in [6, 6.07) is -0.125. The molecule has 0 aromatic carbocycles. The van der Waals surface area contributed by atoms with Crippen LogP contribution in [-0.2, 0) is 14.3 Å². The number of amides is 1. The molecule has 8 heteroatoms. The van der Waals surface area contributed by atoms with Crippen LogP contribution in [0.2, 0.25) is 0 Å². The van der Waals surface area contributed by atoms with Gasteiger partial charge in [-0.3, -0.25) is 4.79 Å². The van der Waals surface area contributed by atoms with Crippen molar-refractivity contribution in [1.29, 1.82) is 0 Å². The molecule has 1 saturated heterocycles. The van der Waals surface area contributed by atoms with Crippen LogP contribution in [0.4, 0.5) is 17.6 Å². The fourth-order valence-electron chi connectivity index (χ4n) is 1.74. The summed E-state index contributed by atoms with van der Waals surface area (Å²) in [5.74, 6) is -4.71. The van der Waals surface area contributed by atoms with Gasteiger partial charge in [0, 0.05) is 6.54 Å². The molecule has 0 radical (unpaired) electrons. The van der Waals surface area contributed by atoms with Gasteiger partial charge in [0.2, 0.25) is 5.91 Å². The lowest BCUT2D eigenvalue weighted by molar-refractivity contribution is -0.173. The van der Waals surface area contributed by atoms with E-state index in [2.05, 4.69) is 4.74 Å². The Labute approximate surface area is 108 Å². The first kappa shape index (κ1) is 16.2. The Kier molecular flexibility index (Phi) is 5.99. The Hall–Kier alpha value is -0.890. The van der Waals surface area contributed by atoms with Gasteiger partial charge in [-0.2, -0.15) is 8.78 Å². The van der Waals surface area contributed by atoms with Crippen LogP contribution in [0, 0.1) is 0 Å². The van der Waals surface area contributed by atoms with Crippen LogP contribution in [0.3, 0.4) is 0 Å². The molecular weight excluding hydrogens is 270 g/mol. The molecule has 0 aliphatic carbocycles. The van der Waals surface area contributed by atoms with Crippen LogP contribution in [0.25, 0.3) is 0 Å². The van der Waals surface area contributed by atoms with Crippen molar-refractivity contribution in [1.82, 2.24) is 4.90 Å². The average molecular weight is 287 g/mol. The number of hydrogen-bond acceptors (Lipinski definition) is 3. The van der Waals surface area contributed by atoms with Crippen LogP contribution in [0.1, 0.15) is 13.3 Å². The number of carbonyl (C=O) groups is 1. The Balaban J connectivity index is 2.38. The van der Waals surface area contributed by atoms with Gasteiger partial charge < -0.3 is 14.4 Å². The van der Waals surface area contributed by atoms with E-state index in [1.807, 2.05) is 6.92 Å². The van der Waals surface area contributed by atoms with Crippen molar-refractivity contribution in [3.8, 4) is 0 Å². The van der Waals surface area contributed by atoms with Crippen LogP contribution in [0.5, 0.6) is 0 Å². The van der Waals surface area contributed by atoms with Gasteiger partial charge in [0.15, 0.2) is 0 Å². The number of nitrogens with zero attached hydrogens (tertiary/aromatic N) is 1. The predicted octanol–water partition coefficient (Wildman–Crippen LogP) is 1.54. The quantitative estimate of drug-likeness (QED) is 0.696. The van der Waals surface area contributed by atoms with Gasteiger partial charge in [-0.25, -0.2) is 8.78 Å². The molecule has 0 bridgehead atoms. The molecule has 1 aliphatic heterocycles. The van der Waals surface area contributed by atoms with Crippen molar-refractivity contribution >= 4 is 5.91 Å². The molecular formula is C11H17F4NO3. The molecule has 1 aliphatic rings. The summed E-state index contributed by atoms with van der Waals surface area (Å²) >= 11 is 0. The minimum absolute atomic E-state index is 0.125. The largest absolute Gasteiger partial charge is 0.377 e. The Bertz CT molecular complexity index is 302. The SMILES string of the molecule is CC[C@H]1COCCN1C(=O)COCC(F)(F)C(F)F. The Morgan fingerprint density at radius 3 is 2.79 bits per heavy atom. The van der Waals surface area contributed by atoms with E-state index in [1.54, 1.807) is 0 Å². The number of morpholine rings is 1. The second kappa shape index (κ2) is 7.04. The second-order valence-corrected chi connectivity index (χ2v) is 4.28. The molecule has 1 amide bonds. The lowest BCUT2D eigenvalue weighted by Crippen LogP contribution is -2.50. The summed E-state index contributed by atoms with van der Waals surface area (Å²) in [5.41, 5.74) is 0. The van der Waals surface area contributed by atoms with Crippen molar-refractivity contribution < 1.29 is 31.8 Å². The molecule has 1 heterocycles. The molecule has 19 heavy (non-hydrogen) atoms. The number of alkyl halides is 4. The third kappa shape index (κ3) is 4.61. The predicted molar refractivity (Wildman–Crippen MR) is 58.4 cm³/mol. The summed E-state index contributed by atoms with van der Waals surface area (Å²) in [4.78, 5) is 13.2. The molecule has 0 aromatic heterocycles. The lowest BCUT2D eigenvalue weighted by Gasteiger charge is -2.35. The zero-order valence-corrected chi connectivity index (χ0v) is 10.6. The zero-order chi connectivity index (χ0) is 14.5. The molecule has 112 valence electrons. The number of rotatable bonds is 6. The molecule has 0 aromatic rings. The number of halogens is 4. The van der Waals surface area contributed by atoms with E-state index >= 15 is 0 Å². The van der Waals surface area contributed by atoms with Crippen molar-refractivity contribution in [3.63, 3.8) is 0 Å². The van der Waals surface area contributed by atoms with Crippen LogP contribution < -0.4 is 0 Å². The first-order valence-corrected chi connectivity index (χ1v) is 5.99. The van der Waals surface area contributed by atoms with Gasteiger partial charge in [-0.15, -0.1) is 0 Å². The standard InChI is InChI=1S/C11H17F4NO3/c1-2-8-5-18-4-3-16(8)9(17)6-19-7-11(14,15)10(12)13/h8,10H,2-7H2,1H3/t8-/m0/s1. The maximum Gasteiger partial charge on any atom is 0.330 e. The van der Waals surface area contributed by atoms with Crippen molar-refractivity contribution in [2.75, 3.05) is 33.0 Å². The molecule has 0 saturated carbocycles. The van der Waals surface area contributed by atoms with Crippen LogP contribution in [0.15, 0.2) is 0 Å². The Morgan fingerprint density at radius 1 is 1.53 bits per heavy atom. The van der Waals surface area contributed by atoms with E-state index in [0.717, 1.165) is 0 Å². The highest BCUT2D eigenvalue weighted by molar-refractivity contribution is 5.77. The second-order valence-electron chi connectivity index (χ2n) is 4.28. The molecule has 1 atom stereocenters. The van der Waals surface area contributed by atoms with Crippen molar-refractivity contribution in [2.45, 2.75) is 31.7 Å². The van der Waals surface area contributed by atoms with E-state index in [4.69, 9.17) is 4.74 Å². The molecule has 1 fully saturated rings. The highest BCUT2D eigenvalue weighted by Crippen LogP contribution is 2.22. The summed E-state index contributed by atoms with van der Waals surface area (Å²) in [5, 5.41) is 0. The maximum absolute atomic E-state index is 12.6. The van der Waals surface area contributed by atoms with Crippen molar-refractivity contribution in [3.05, 3.63) is 0 Å². The van der Waals surface area contributed by atoms with E-state index in [-0.39, 0.29) is 6.04 Å². The fraction of sp³-hybridized carbons (Fsp3) is 0.909. The smallest absolute Gasteiger partial charge is 0.330 e. The summed E-state index contributed by atoms with van der Waals surface area (Å²) in [6.45, 7) is 0.887. The number of ether oxygens (including phenoxy) is 2. The van der Waals surface area contributed by atoms with Crippen LogP contribution >= 0.6 is 0 Å². The van der Waals surface area contributed by atoms with Gasteiger partial charge in [-0.1, -0.05) is 6.92 Å². The zero-order valence-electron chi connectivity index (χ0n) is 10.6. The number of hydrogen-bond donors (Lipinski definition) is 0. The van der Waals surface area contributed by atoms with E-state index in [1.165, 1.54) is 4.90 Å². The fourth-order valence-corrected chi connectivity index (χ4v) is 1.74. The maximum atomic E-state index is 12.6.